The van der Waals surface area contributed by atoms with E-state index in [2.05, 4.69) is 27.7 Å². The van der Waals surface area contributed by atoms with Gasteiger partial charge in [-0.15, -0.1) is 0 Å². The second-order valence-corrected chi connectivity index (χ2v) is 10.5. The lowest BCUT2D eigenvalue weighted by Gasteiger charge is -2.66. The first-order valence-corrected chi connectivity index (χ1v) is 9.59. The average molecular weight is 304 g/mol. The van der Waals surface area contributed by atoms with E-state index in [-0.39, 0.29) is 17.1 Å². The van der Waals surface area contributed by atoms with Crippen molar-refractivity contribution >= 4 is 0 Å². The van der Waals surface area contributed by atoms with Crippen molar-refractivity contribution < 1.29 is 9.84 Å². The summed E-state index contributed by atoms with van der Waals surface area (Å²) < 4.78 is 6.34. The molecule has 22 heavy (non-hydrogen) atoms. The summed E-state index contributed by atoms with van der Waals surface area (Å²) >= 11 is 0. The number of aliphatic hydroxyl groups is 1. The van der Waals surface area contributed by atoms with E-state index < -0.39 is 5.60 Å². The van der Waals surface area contributed by atoms with Crippen LogP contribution in [0.25, 0.3) is 0 Å². The molecular formula is C20H32O2. The summed E-state index contributed by atoms with van der Waals surface area (Å²) in [7, 11) is 0. The van der Waals surface area contributed by atoms with Crippen LogP contribution >= 0.6 is 0 Å². The Labute approximate surface area is 135 Å². The lowest BCUT2D eigenvalue weighted by molar-refractivity contribution is -0.288. The van der Waals surface area contributed by atoms with Gasteiger partial charge in [-0.3, -0.25) is 0 Å². The second kappa shape index (κ2) is 3.61. The van der Waals surface area contributed by atoms with Crippen LogP contribution < -0.4 is 0 Å². The van der Waals surface area contributed by atoms with Gasteiger partial charge >= 0.3 is 0 Å². The molecule has 0 aromatic rings. The summed E-state index contributed by atoms with van der Waals surface area (Å²) in [6, 6.07) is 0. The zero-order chi connectivity index (χ0) is 15.6. The number of rotatable bonds is 0. The van der Waals surface area contributed by atoms with Gasteiger partial charge in [0.2, 0.25) is 0 Å². The molecule has 0 amide bonds. The Morgan fingerprint density at radius 2 is 1.73 bits per heavy atom. The quantitative estimate of drug-likeness (QED) is 0.723. The Kier molecular flexibility index (Phi) is 2.35. The highest BCUT2D eigenvalue weighted by molar-refractivity contribution is 5.30. The van der Waals surface area contributed by atoms with Crippen molar-refractivity contribution in [2.45, 2.75) is 96.4 Å². The zero-order valence-corrected chi connectivity index (χ0v) is 14.7. The minimum absolute atomic E-state index is 0.0824. The van der Waals surface area contributed by atoms with Crippen molar-refractivity contribution in [2.75, 3.05) is 0 Å². The minimum atomic E-state index is -0.535. The maximum Gasteiger partial charge on any atom is 0.0973 e. The van der Waals surface area contributed by atoms with E-state index in [1.165, 1.54) is 44.9 Å². The third-order valence-electron chi connectivity index (χ3n) is 9.60. The summed E-state index contributed by atoms with van der Waals surface area (Å²) in [5.74, 6) is 1.39. The first kappa shape index (κ1) is 14.3. The predicted molar refractivity (Wildman–Crippen MR) is 86.5 cm³/mol. The van der Waals surface area contributed by atoms with E-state index in [0.29, 0.717) is 16.7 Å². The molecule has 2 bridgehead atoms. The van der Waals surface area contributed by atoms with Gasteiger partial charge in [-0.2, -0.15) is 0 Å². The maximum atomic E-state index is 11.8. The second-order valence-electron chi connectivity index (χ2n) is 10.5. The molecule has 7 atom stereocenters. The van der Waals surface area contributed by atoms with E-state index in [9.17, 15) is 5.11 Å². The van der Waals surface area contributed by atoms with Gasteiger partial charge in [0, 0.05) is 11.3 Å². The van der Waals surface area contributed by atoms with Crippen LogP contribution in [0.15, 0.2) is 0 Å². The van der Waals surface area contributed by atoms with Crippen LogP contribution in [0.3, 0.4) is 0 Å². The van der Waals surface area contributed by atoms with Crippen molar-refractivity contribution in [1.82, 2.24) is 0 Å². The first-order chi connectivity index (χ1) is 10.2. The molecule has 2 nitrogen and oxygen atoms in total. The van der Waals surface area contributed by atoms with Gasteiger partial charge in [0.25, 0.3) is 0 Å². The molecular weight excluding hydrogens is 272 g/mol. The Balaban J connectivity index is 1.67. The van der Waals surface area contributed by atoms with E-state index >= 15 is 0 Å². The van der Waals surface area contributed by atoms with Gasteiger partial charge < -0.3 is 9.84 Å². The van der Waals surface area contributed by atoms with Crippen molar-refractivity contribution in [1.29, 1.82) is 0 Å². The first-order valence-electron chi connectivity index (χ1n) is 9.59. The molecule has 5 fully saturated rings. The standard InChI is InChI=1S/C20H32O2/c1-16(2)7-5-8-17(3)14(16)6-9-20(21)15-13-12-19(17,20)11-10-18(13,4)22-15/h13-15,21H,5-12H2,1-4H3/t13-,14+,15?,17+,18-,19+,20-/m1/s1. The van der Waals surface area contributed by atoms with Crippen LogP contribution in [0.2, 0.25) is 0 Å². The number of hydrogen-bond donors (Lipinski definition) is 1. The predicted octanol–water partition coefficient (Wildman–Crippen LogP) is 4.30. The van der Waals surface area contributed by atoms with Crippen LogP contribution in [0.5, 0.6) is 0 Å². The molecule has 124 valence electrons. The van der Waals surface area contributed by atoms with Crippen LogP contribution in [0, 0.1) is 28.1 Å². The van der Waals surface area contributed by atoms with E-state index in [1.54, 1.807) is 0 Å². The van der Waals surface area contributed by atoms with Gasteiger partial charge in [0.15, 0.2) is 0 Å². The van der Waals surface area contributed by atoms with Crippen LogP contribution in [0.1, 0.15) is 79.1 Å². The van der Waals surface area contributed by atoms with Crippen LogP contribution in [-0.4, -0.2) is 22.4 Å². The van der Waals surface area contributed by atoms with Crippen molar-refractivity contribution in [2.24, 2.45) is 28.1 Å². The minimum Gasteiger partial charge on any atom is -0.387 e. The highest BCUT2D eigenvalue weighted by Gasteiger charge is 2.81. The van der Waals surface area contributed by atoms with Gasteiger partial charge in [0.05, 0.1) is 17.3 Å². The number of ether oxygens (including phenoxy) is 1. The SMILES string of the molecule is CC1(C)CCC[C@@]2(C)[C@H]1CC[C@@]1(O)C3O[C@]4(C)CC[C@@]12C[C@H]34. The van der Waals surface area contributed by atoms with E-state index in [1.807, 2.05) is 0 Å². The Morgan fingerprint density at radius 3 is 2.50 bits per heavy atom. The third-order valence-corrected chi connectivity index (χ3v) is 9.60. The average Bonchev–Trinajstić information content (AvgIpc) is 2.51. The lowest BCUT2D eigenvalue weighted by Crippen LogP contribution is -2.66. The van der Waals surface area contributed by atoms with Gasteiger partial charge in [-0.1, -0.05) is 27.2 Å². The van der Waals surface area contributed by atoms with Crippen LogP contribution in [-0.2, 0) is 4.74 Å². The fourth-order valence-corrected chi connectivity index (χ4v) is 8.47. The maximum absolute atomic E-state index is 11.8. The molecule has 1 aliphatic heterocycles. The molecule has 4 aliphatic carbocycles. The molecule has 1 N–H and O–H groups in total. The molecule has 2 heteroatoms. The normalized spacial score (nSPS) is 64.5. The highest BCUT2D eigenvalue weighted by Crippen LogP contribution is 2.79. The Hall–Kier alpha value is -0.0800. The molecule has 1 saturated heterocycles. The van der Waals surface area contributed by atoms with Crippen molar-refractivity contribution in [3.05, 3.63) is 0 Å². The van der Waals surface area contributed by atoms with Crippen molar-refractivity contribution in [3.63, 3.8) is 0 Å². The molecule has 0 radical (unpaired) electrons. The Bertz CT molecular complexity index is 542. The van der Waals surface area contributed by atoms with Gasteiger partial charge in [-0.25, -0.2) is 0 Å². The smallest absolute Gasteiger partial charge is 0.0973 e. The van der Waals surface area contributed by atoms with Gasteiger partial charge in [0.1, 0.15) is 0 Å². The van der Waals surface area contributed by atoms with Crippen molar-refractivity contribution in [3.8, 4) is 0 Å². The molecule has 1 heterocycles. The summed E-state index contributed by atoms with van der Waals surface area (Å²) in [5.41, 5.74) is 0.424. The molecule has 5 aliphatic rings. The Morgan fingerprint density at radius 1 is 0.955 bits per heavy atom. The largest absolute Gasteiger partial charge is 0.387 e. The summed E-state index contributed by atoms with van der Waals surface area (Å²) in [6.07, 6.45) is 9.93. The molecule has 1 spiro atoms. The summed E-state index contributed by atoms with van der Waals surface area (Å²) in [5, 5.41) is 11.8. The number of hydrogen-bond acceptors (Lipinski definition) is 2. The molecule has 4 saturated carbocycles. The molecule has 5 rings (SSSR count). The lowest BCUT2D eigenvalue weighted by atomic mass is 9.39. The highest BCUT2D eigenvalue weighted by atomic mass is 16.6. The van der Waals surface area contributed by atoms with E-state index in [4.69, 9.17) is 4.74 Å². The zero-order valence-electron chi connectivity index (χ0n) is 14.7. The van der Waals surface area contributed by atoms with Gasteiger partial charge in [-0.05, 0) is 68.6 Å². The third kappa shape index (κ3) is 1.21. The molecule has 0 aromatic carbocycles. The molecule has 0 aromatic heterocycles. The van der Waals surface area contributed by atoms with Crippen LogP contribution in [0.4, 0.5) is 0 Å². The summed E-state index contributed by atoms with van der Waals surface area (Å²) in [6.45, 7) is 9.83. The fourth-order valence-electron chi connectivity index (χ4n) is 8.47. The van der Waals surface area contributed by atoms with E-state index in [0.717, 1.165) is 12.3 Å². The number of fused-ring (bicyclic) bond motifs is 2. The monoisotopic (exact) mass is 304 g/mol. The molecule has 1 unspecified atom stereocenters. The summed E-state index contributed by atoms with van der Waals surface area (Å²) in [4.78, 5) is 0. The topological polar surface area (TPSA) is 29.5 Å². The fraction of sp³-hybridized carbons (Fsp3) is 1.00.